The first-order valence-electron chi connectivity index (χ1n) is 10.6. The fourth-order valence-corrected chi connectivity index (χ4v) is 4.59. The smallest absolute Gasteiger partial charge is 0.242 e. The summed E-state index contributed by atoms with van der Waals surface area (Å²) in [6, 6.07) is 3.12. The van der Waals surface area contributed by atoms with E-state index in [9.17, 15) is 8.42 Å². The van der Waals surface area contributed by atoms with Crippen LogP contribution in [0, 0.1) is 5.92 Å². The Labute approximate surface area is 198 Å². The molecular weight excluding hydrogens is 517 g/mol. The Morgan fingerprint density at radius 1 is 1.27 bits per heavy atom. The van der Waals surface area contributed by atoms with Gasteiger partial charge >= 0.3 is 0 Å². The lowest BCUT2D eigenvalue weighted by molar-refractivity contribution is 0.0177. The lowest BCUT2D eigenvalue weighted by Crippen LogP contribution is -2.41. The van der Waals surface area contributed by atoms with Crippen molar-refractivity contribution in [2.24, 2.45) is 10.9 Å². The molecule has 0 aromatic carbocycles. The van der Waals surface area contributed by atoms with E-state index >= 15 is 0 Å². The van der Waals surface area contributed by atoms with E-state index < -0.39 is 10.0 Å². The van der Waals surface area contributed by atoms with E-state index in [-0.39, 0.29) is 41.5 Å². The molecule has 1 heterocycles. The van der Waals surface area contributed by atoms with Crippen molar-refractivity contribution in [2.75, 3.05) is 32.8 Å². The number of pyridine rings is 1. The molecule has 1 aromatic heterocycles. The lowest BCUT2D eigenvalue weighted by Gasteiger charge is -2.22. The number of guanidine groups is 1. The van der Waals surface area contributed by atoms with Gasteiger partial charge in [0.1, 0.15) is 4.90 Å². The van der Waals surface area contributed by atoms with Gasteiger partial charge in [0.2, 0.25) is 10.0 Å². The number of rotatable bonds is 12. The highest BCUT2D eigenvalue weighted by Crippen LogP contribution is 2.30. The van der Waals surface area contributed by atoms with Crippen molar-refractivity contribution in [2.45, 2.75) is 57.0 Å². The second kappa shape index (κ2) is 14.9. The van der Waals surface area contributed by atoms with Gasteiger partial charge in [0.25, 0.3) is 0 Å². The average Bonchev–Trinajstić information content (AvgIpc) is 3.26. The molecule has 0 spiro atoms. The maximum atomic E-state index is 12.2. The summed E-state index contributed by atoms with van der Waals surface area (Å²) in [5.41, 5.74) is 0. The molecule has 0 radical (unpaired) electrons. The van der Waals surface area contributed by atoms with Crippen LogP contribution in [0.5, 0.6) is 0 Å². The number of sulfonamides is 1. The maximum absolute atomic E-state index is 12.2. The van der Waals surface area contributed by atoms with Gasteiger partial charge in [0.15, 0.2) is 5.96 Å². The van der Waals surface area contributed by atoms with Crippen molar-refractivity contribution in [3.05, 3.63) is 24.5 Å². The highest BCUT2D eigenvalue weighted by Gasteiger charge is 2.25. The zero-order valence-electron chi connectivity index (χ0n) is 18.0. The van der Waals surface area contributed by atoms with Crippen molar-refractivity contribution >= 4 is 40.0 Å². The molecular formula is C20H36IN5O3S. The monoisotopic (exact) mass is 553 g/mol. The zero-order valence-corrected chi connectivity index (χ0v) is 21.1. The summed E-state index contributed by atoms with van der Waals surface area (Å²) in [5, 5.41) is 6.37. The van der Waals surface area contributed by atoms with E-state index in [4.69, 9.17) is 4.74 Å². The number of aromatic nitrogens is 1. The largest absolute Gasteiger partial charge is 0.378 e. The second-order valence-electron chi connectivity index (χ2n) is 7.10. The summed E-state index contributed by atoms with van der Waals surface area (Å²) >= 11 is 0. The van der Waals surface area contributed by atoms with Crippen LogP contribution in [-0.4, -0.2) is 58.3 Å². The molecule has 0 bridgehead atoms. The molecule has 30 heavy (non-hydrogen) atoms. The SMILES string of the molecule is CCNC(=NCCC(OCC)C1CCCC1)NCCNS(=O)(=O)c1cccnc1.I. The van der Waals surface area contributed by atoms with E-state index in [1.54, 1.807) is 12.3 Å². The highest BCUT2D eigenvalue weighted by atomic mass is 127. The van der Waals surface area contributed by atoms with E-state index in [0.717, 1.165) is 19.6 Å². The summed E-state index contributed by atoms with van der Waals surface area (Å²) in [7, 11) is -3.54. The number of hydrogen-bond donors (Lipinski definition) is 3. The molecule has 0 amide bonds. The van der Waals surface area contributed by atoms with Gasteiger partial charge in [0, 0.05) is 45.2 Å². The summed E-state index contributed by atoms with van der Waals surface area (Å²) in [6.07, 6.45) is 9.17. The van der Waals surface area contributed by atoms with E-state index in [1.807, 2.05) is 13.8 Å². The van der Waals surface area contributed by atoms with Crippen LogP contribution in [0.15, 0.2) is 34.4 Å². The number of nitrogens with zero attached hydrogens (tertiary/aromatic N) is 2. The van der Waals surface area contributed by atoms with Crippen molar-refractivity contribution < 1.29 is 13.2 Å². The Hall–Kier alpha value is -0.980. The van der Waals surface area contributed by atoms with Gasteiger partial charge in [0.05, 0.1) is 6.10 Å². The van der Waals surface area contributed by atoms with Gasteiger partial charge in [-0.3, -0.25) is 9.98 Å². The first-order chi connectivity index (χ1) is 14.1. The third-order valence-electron chi connectivity index (χ3n) is 4.99. The number of aliphatic imine (C=N–C) groups is 1. The van der Waals surface area contributed by atoms with Crippen LogP contribution in [0.2, 0.25) is 0 Å². The molecule has 3 N–H and O–H groups in total. The van der Waals surface area contributed by atoms with Crippen LogP contribution in [0.25, 0.3) is 0 Å². The minimum atomic E-state index is -3.54. The predicted molar refractivity (Wildman–Crippen MR) is 131 cm³/mol. The minimum absolute atomic E-state index is 0. The average molecular weight is 554 g/mol. The third kappa shape index (κ3) is 9.44. The summed E-state index contributed by atoms with van der Waals surface area (Å²) in [5.74, 6) is 1.34. The van der Waals surface area contributed by atoms with Gasteiger partial charge in [-0.2, -0.15) is 0 Å². The fraction of sp³-hybridized carbons (Fsp3) is 0.700. The number of halogens is 1. The number of hydrogen-bond acceptors (Lipinski definition) is 5. The summed E-state index contributed by atoms with van der Waals surface area (Å²) < 4.78 is 32.9. The topological polar surface area (TPSA) is 105 Å². The first-order valence-corrected chi connectivity index (χ1v) is 12.1. The molecule has 172 valence electrons. The van der Waals surface area contributed by atoms with Crippen molar-refractivity contribution in [1.82, 2.24) is 20.3 Å². The molecule has 0 saturated heterocycles. The van der Waals surface area contributed by atoms with Crippen LogP contribution < -0.4 is 15.4 Å². The molecule has 2 rings (SSSR count). The van der Waals surface area contributed by atoms with Crippen molar-refractivity contribution in [3.8, 4) is 0 Å². The van der Waals surface area contributed by atoms with E-state index in [2.05, 4.69) is 25.3 Å². The highest BCUT2D eigenvalue weighted by molar-refractivity contribution is 14.0. The standard InChI is InChI=1S/C20H35N5O3S.HI/c1-3-22-20(23-13-11-19(28-4-2)17-8-5-6-9-17)24-14-15-25-29(26,27)18-10-7-12-21-16-18;/h7,10,12,16-17,19,25H,3-6,8-9,11,13-15H2,1-2H3,(H2,22,23,24);1H. The Morgan fingerprint density at radius 3 is 2.67 bits per heavy atom. The predicted octanol–water partition coefficient (Wildman–Crippen LogP) is 2.52. The van der Waals surface area contributed by atoms with Gasteiger partial charge in [-0.05, 0) is 51.2 Å². The first kappa shape index (κ1) is 27.1. The number of ether oxygens (including phenoxy) is 1. The molecule has 8 nitrogen and oxygen atoms in total. The second-order valence-corrected chi connectivity index (χ2v) is 8.87. The molecule has 1 aliphatic carbocycles. The molecule has 1 aromatic rings. The van der Waals surface area contributed by atoms with Crippen molar-refractivity contribution in [1.29, 1.82) is 0 Å². The van der Waals surface area contributed by atoms with Gasteiger partial charge in [-0.25, -0.2) is 13.1 Å². The lowest BCUT2D eigenvalue weighted by atomic mass is 9.98. The molecule has 1 unspecified atom stereocenters. The van der Waals surface area contributed by atoms with Gasteiger partial charge in [-0.1, -0.05) is 12.8 Å². The third-order valence-corrected chi connectivity index (χ3v) is 6.43. The molecule has 1 atom stereocenters. The van der Waals surface area contributed by atoms with Crippen LogP contribution >= 0.6 is 24.0 Å². The quantitative estimate of drug-likeness (QED) is 0.159. The minimum Gasteiger partial charge on any atom is -0.378 e. The molecule has 1 aliphatic rings. The summed E-state index contributed by atoms with van der Waals surface area (Å²) in [4.78, 5) is 8.63. The fourth-order valence-electron chi connectivity index (χ4n) is 3.60. The van der Waals surface area contributed by atoms with Gasteiger partial charge in [-0.15, -0.1) is 24.0 Å². The maximum Gasteiger partial charge on any atom is 0.242 e. The normalized spacial score (nSPS) is 16.1. The Bertz CT molecular complexity index is 712. The summed E-state index contributed by atoms with van der Waals surface area (Å²) in [6.45, 7) is 6.89. The molecule has 1 fully saturated rings. The Balaban J connectivity index is 0.00000450. The number of nitrogens with one attached hydrogen (secondary N) is 3. The molecule has 0 aliphatic heterocycles. The molecule has 1 saturated carbocycles. The Kier molecular flexibility index (Phi) is 13.5. The van der Waals surface area contributed by atoms with Crippen LogP contribution in [0.3, 0.4) is 0 Å². The molecule has 10 heteroatoms. The van der Waals surface area contributed by atoms with Crippen LogP contribution in [0.4, 0.5) is 0 Å². The Morgan fingerprint density at radius 2 is 2.03 bits per heavy atom. The van der Waals surface area contributed by atoms with Crippen LogP contribution in [-0.2, 0) is 14.8 Å². The van der Waals surface area contributed by atoms with E-state index in [1.165, 1.54) is 37.9 Å². The van der Waals surface area contributed by atoms with Crippen molar-refractivity contribution in [3.63, 3.8) is 0 Å². The zero-order chi connectivity index (χ0) is 21.0. The van der Waals surface area contributed by atoms with Gasteiger partial charge < -0.3 is 15.4 Å². The van der Waals surface area contributed by atoms with Crippen LogP contribution in [0.1, 0.15) is 46.0 Å². The van der Waals surface area contributed by atoms with E-state index in [0.29, 0.717) is 25.0 Å².